The molecular formula is C49H52N2O15. The summed E-state index contributed by atoms with van der Waals surface area (Å²) in [5.74, 6) is -4.43. The van der Waals surface area contributed by atoms with Crippen LogP contribution in [0.25, 0.3) is 0 Å². The summed E-state index contributed by atoms with van der Waals surface area (Å²) in [7, 11) is 0. The highest BCUT2D eigenvalue weighted by atomic mass is 16.7. The number of benzene rings is 4. The zero-order valence-electron chi connectivity index (χ0n) is 36.8. The molecule has 0 bridgehead atoms. The molecule has 4 aromatic carbocycles. The van der Waals surface area contributed by atoms with Gasteiger partial charge in [0.1, 0.15) is 43.1 Å². The zero-order valence-corrected chi connectivity index (χ0v) is 36.8. The van der Waals surface area contributed by atoms with Gasteiger partial charge < -0.3 is 47.9 Å². The second-order valence-corrected chi connectivity index (χ2v) is 15.9. The lowest BCUT2D eigenvalue weighted by Gasteiger charge is -2.51. The number of hydrogen-bond acceptors (Lipinski definition) is 15. The van der Waals surface area contributed by atoms with E-state index in [-0.39, 0.29) is 37.6 Å². The molecule has 2 saturated heterocycles. The van der Waals surface area contributed by atoms with E-state index >= 15 is 0 Å². The van der Waals surface area contributed by atoms with Crippen LogP contribution >= 0.6 is 0 Å². The molecule has 0 aliphatic carbocycles. The number of nitrogens with zero attached hydrogens (tertiary/aromatic N) is 1. The summed E-state index contributed by atoms with van der Waals surface area (Å²) in [5.41, 5.74) is 2.54. The van der Waals surface area contributed by atoms with Gasteiger partial charge >= 0.3 is 17.9 Å². The minimum atomic E-state index is -1.75. The van der Waals surface area contributed by atoms with Gasteiger partial charge in [0.2, 0.25) is 5.91 Å². The van der Waals surface area contributed by atoms with Gasteiger partial charge in [-0.25, -0.2) is 0 Å². The summed E-state index contributed by atoms with van der Waals surface area (Å²) < 4.78 is 56.8. The van der Waals surface area contributed by atoms with Gasteiger partial charge in [0.25, 0.3) is 11.8 Å². The lowest BCUT2D eigenvalue weighted by molar-refractivity contribution is -0.344. The minimum Gasteiger partial charge on any atom is -0.463 e. The van der Waals surface area contributed by atoms with E-state index in [9.17, 15) is 28.8 Å². The fraction of sp³-hybridized carbons (Fsp3) is 0.388. The van der Waals surface area contributed by atoms with Crippen LogP contribution in [0.3, 0.4) is 0 Å². The Labute approximate surface area is 381 Å². The number of nitrogens with one attached hydrogen (secondary N) is 1. The molecule has 3 heterocycles. The van der Waals surface area contributed by atoms with Crippen molar-refractivity contribution in [2.24, 2.45) is 0 Å². The van der Waals surface area contributed by atoms with Gasteiger partial charge in [0, 0.05) is 27.7 Å². The van der Waals surface area contributed by atoms with Crippen LogP contribution in [-0.2, 0) is 81.6 Å². The molecule has 66 heavy (non-hydrogen) atoms. The summed E-state index contributed by atoms with van der Waals surface area (Å²) >= 11 is 0. The largest absolute Gasteiger partial charge is 0.463 e. The molecule has 0 aromatic heterocycles. The van der Waals surface area contributed by atoms with E-state index in [1.54, 1.807) is 12.1 Å². The van der Waals surface area contributed by atoms with Crippen LogP contribution < -0.4 is 5.32 Å². The smallest absolute Gasteiger partial charge is 0.303 e. The van der Waals surface area contributed by atoms with Crippen LogP contribution in [-0.4, -0.2) is 115 Å². The Morgan fingerprint density at radius 1 is 0.545 bits per heavy atom. The van der Waals surface area contributed by atoms with Crippen molar-refractivity contribution in [2.75, 3.05) is 13.2 Å². The second kappa shape index (κ2) is 22.2. The minimum absolute atomic E-state index is 0.00250. The van der Waals surface area contributed by atoms with Gasteiger partial charge in [-0.15, -0.1) is 0 Å². The van der Waals surface area contributed by atoms with E-state index in [0.29, 0.717) is 0 Å². The molecule has 3 aliphatic heterocycles. The van der Waals surface area contributed by atoms with Crippen LogP contribution in [0.1, 0.15) is 65.1 Å². The molecule has 348 valence electrons. The molecule has 17 heteroatoms. The Morgan fingerprint density at radius 2 is 1.03 bits per heavy atom. The lowest BCUT2D eigenvalue weighted by Crippen LogP contribution is -2.71. The van der Waals surface area contributed by atoms with Gasteiger partial charge in [-0.05, 0) is 28.8 Å². The van der Waals surface area contributed by atoms with Crippen LogP contribution in [0.5, 0.6) is 0 Å². The standard InChI is InChI=1S/C49H52N2O15/c1-29(52)50-40-44(60-25-34-18-10-6-11-19-34)42(38(27-58-24-33-16-8-5-9-17-33)64-48(40)61-26-35-20-12-7-13-21-35)66-49-41(51-46(56)36-22-14-15-23-37(36)47(51)57)45(63-32(4)55)43(62-31(3)54)39(65-49)28-59-30(2)53/h5-23,38-45,48-49H,24-28H2,1-4H3,(H,50,52)/t38-,39-,40+,41+,42-,43-,44-,45-,48+,49+/m1/s1. The van der Waals surface area contributed by atoms with Gasteiger partial charge in [-0.3, -0.25) is 33.7 Å². The molecule has 0 unspecified atom stereocenters. The number of hydrogen-bond donors (Lipinski definition) is 1. The Bertz CT molecular complexity index is 2280. The number of carbonyl (C=O) groups is 6. The maximum atomic E-state index is 14.4. The van der Waals surface area contributed by atoms with E-state index in [0.717, 1.165) is 42.4 Å². The number of fused-ring (bicyclic) bond motifs is 1. The average molecular weight is 909 g/mol. The van der Waals surface area contributed by atoms with E-state index in [1.807, 2.05) is 91.0 Å². The molecule has 0 spiro atoms. The number of ether oxygens (including phenoxy) is 9. The number of rotatable bonds is 18. The van der Waals surface area contributed by atoms with Crippen LogP contribution in [0.2, 0.25) is 0 Å². The molecule has 4 aromatic rings. The monoisotopic (exact) mass is 908 g/mol. The lowest BCUT2D eigenvalue weighted by atomic mass is 9.93. The van der Waals surface area contributed by atoms with Crippen LogP contribution in [0.15, 0.2) is 115 Å². The summed E-state index contributed by atoms with van der Waals surface area (Å²) in [4.78, 5) is 80.8. The molecule has 10 atom stereocenters. The quantitative estimate of drug-likeness (QED) is 0.0834. The molecule has 0 saturated carbocycles. The molecule has 2 fully saturated rings. The number of esters is 3. The molecule has 1 N–H and O–H groups in total. The van der Waals surface area contributed by atoms with E-state index < -0.39 is 104 Å². The predicted octanol–water partition coefficient (Wildman–Crippen LogP) is 4.44. The van der Waals surface area contributed by atoms with Crippen molar-refractivity contribution in [3.8, 4) is 0 Å². The number of amides is 3. The van der Waals surface area contributed by atoms with E-state index in [1.165, 1.54) is 19.1 Å². The third kappa shape index (κ3) is 11.7. The van der Waals surface area contributed by atoms with Gasteiger partial charge in [0.15, 0.2) is 24.8 Å². The molecule has 3 amide bonds. The topological polar surface area (TPSA) is 201 Å². The molecule has 7 rings (SSSR count). The zero-order chi connectivity index (χ0) is 46.7. The fourth-order valence-corrected chi connectivity index (χ4v) is 8.22. The first-order valence-electron chi connectivity index (χ1n) is 21.5. The predicted molar refractivity (Wildman–Crippen MR) is 231 cm³/mol. The Morgan fingerprint density at radius 3 is 1.56 bits per heavy atom. The Hall–Kier alpha value is -6.34. The van der Waals surface area contributed by atoms with Crippen molar-refractivity contribution < 1.29 is 71.4 Å². The Balaban J connectivity index is 1.35. The highest BCUT2D eigenvalue weighted by molar-refractivity contribution is 6.21. The maximum Gasteiger partial charge on any atom is 0.303 e. The highest BCUT2D eigenvalue weighted by Crippen LogP contribution is 2.38. The Kier molecular flexibility index (Phi) is 16.0. The summed E-state index contributed by atoms with van der Waals surface area (Å²) in [6, 6.07) is 31.4. The van der Waals surface area contributed by atoms with Gasteiger partial charge in [0.05, 0.1) is 37.6 Å². The van der Waals surface area contributed by atoms with E-state index in [2.05, 4.69) is 5.32 Å². The van der Waals surface area contributed by atoms with Gasteiger partial charge in [-0.1, -0.05) is 103 Å². The van der Waals surface area contributed by atoms with Crippen molar-refractivity contribution in [2.45, 2.75) is 109 Å². The summed E-state index contributed by atoms with van der Waals surface area (Å²) in [6.07, 6.45) is -11.1. The molecule has 3 aliphatic rings. The average Bonchev–Trinajstić information content (AvgIpc) is 3.55. The third-order valence-electron chi connectivity index (χ3n) is 11.0. The fourth-order valence-electron chi connectivity index (χ4n) is 8.22. The van der Waals surface area contributed by atoms with Crippen LogP contribution in [0.4, 0.5) is 0 Å². The van der Waals surface area contributed by atoms with Crippen molar-refractivity contribution in [1.82, 2.24) is 10.2 Å². The second-order valence-electron chi connectivity index (χ2n) is 15.9. The summed E-state index contributed by atoms with van der Waals surface area (Å²) in [6.45, 7) is 4.22. The van der Waals surface area contributed by atoms with Crippen LogP contribution in [0, 0.1) is 0 Å². The molecular weight excluding hydrogens is 857 g/mol. The highest BCUT2D eigenvalue weighted by Gasteiger charge is 2.59. The molecule has 17 nitrogen and oxygen atoms in total. The summed E-state index contributed by atoms with van der Waals surface area (Å²) in [5, 5.41) is 2.94. The SMILES string of the molecule is CC(=O)N[C@@H]1[C@@H](OCc2ccccc2)O[C@H](COCc2ccccc2)[C@@H](O[C@@H]2O[C@H](COC(C)=O)[C@@H](OC(C)=O)[C@H](OC(C)=O)[C@@H]2N2C(=O)c3ccccc3C2=O)[C@@H]1OCc1ccccc1. The first-order chi connectivity index (χ1) is 31.9. The van der Waals surface area contributed by atoms with Gasteiger partial charge in [-0.2, -0.15) is 0 Å². The third-order valence-corrected chi connectivity index (χ3v) is 11.0. The van der Waals surface area contributed by atoms with Crippen molar-refractivity contribution in [1.29, 1.82) is 0 Å². The van der Waals surface area contributed by atoms with Crippen molar-refractivity contribution in [3.05, 3.63) is 143 Å². The number of imide groups is 1. The first kappa shape index (κ1) is 47.6. The van der Waals surface area contributed by atoms with Crippen molar-refractivity contribution >= 4 is 35.6 Å². The number of carbonyl (C=O) groups excluding carboxylic acids is 6. The van der Waals surface area contributed by atoms with Crippen molar-refractivity contribution in [3.63, 3.8) is 0 Å². The normalized spacial score (nSPS) is 26.0. The maximum absolute atomic E-state index is 14.4. The van der Waals surface area contributed by atoms with E-state index in [4.69, 9.17) is 42.6 Å². The first-order valence-corrected chi connectivity index (χ1v) is 21.5. The molecule has 0 radical (unpaired) electrons.